The van der Waals surface area contributed by atoms with Gasteiger partial charge in [-0.3, -0.25) is 0 Å². The fourth-order valence-electron chi connectivity index (χ4n) is 2.77. The van der Waals surface area contributed by atoms with Gasteiger partial charge in [-0.05, 0) is 49.1 Å². The summed E-state index contributed by atoms with van der Waals surface area (Å²) < 4.78 is 2.11. The van der Waals surface area contributed by atoms with E-state index in [1.165, 1.54) is 0 Å². The van der Waals surface area contributed by atoms with E-state index in [0.29, 0.717) is 18.5 Å². The van der Waals surface area contributed by atoms with Crippen LogP contribution in [0.15, 0.2) is 18.3 Å². The van der Waals surface area contributed by atoms with Crippen molar-refractivity contribution in [3.63, 3.8) is 0 Å². The maximum Gasteiger partial charge on any atom is 0.335 e. The van der Waals surface area contributed by atoms with Gasteiger partial charge in [-0.1, -0.05) is 6.92 Å². The van der Waals surface area contributed by atoms with E-state index in [4.69, 9.17) is 10.8 Å². The summed E-state index contributed by atoms with van der Waals surface area (Å²) in [6, 6.07) is 3.48. The summed E-state index contributed by atoms with van der Waals surface area (Å²) in [4.78, 5) is 11.3. The Kier molecular flexibility index (Phi) is 4.98. The van der Waals surface area contributed by atoms with Crippen molar-refractivity contribution in [1.82, 2.24) is 4.57 Å². The van der Waals surface area contributed by atoms with E-state index >= 15 is 0 Å². The Labute approximate surface area is 124 Å². The van der Waals surface area contributed by atoms with Crippen LogP contribution in [-0.2, 0) is 19.4 Å². The second-order valence-electron chi connectivity index (χ2n) is 5.15. The molecule has 114 valence electrons. The molecule has 5 heteroatoms. The normalized spacial score (nSPS) is 11.2. The van der Waals surface area contributed by atoms with E-state index < -0.39 is 5.97 Å². The van der Waals surface area contributed by atoms with Crippen molar-refractivity contribution in [2.24, 2.45) is 5.73 Å². The van der Waals surface area contributed by atoms with Crippen molar-refractivity contribution in [1.29, 1.82) is 0 Å². The van der Waals surface area contributed by atoms with Gasteiger partial charge in [0.05, 0.1) is 11.1 Å². The Bertz CT molecular complexity index is 646. The van der Waals surface area contributed by atoms with Crippen LogP contribution in [0.5, 0.6) is 0 Å². The molecular weight excluding hydrogens is 268 g/mol. The van der Waals surface area contributed by atoms with Crippen LogP contribution >= 0.6 is 0 Å². The second-order valence-corrected chi connectivity index (χ2v) is 5.15. The van der Waals surface area contributed by atoms with Gasteiger partial charge in [-0.2, -0.15) is 0 Å². The monoisotopic (exact) mass is 290 g/mol. The zero-order chi connectivity index (χ0) is 15.4. The molecule has 1 aromatic carbocycles. The first-order chi connectivity index (χ1) is 10.1. The number of carbonyl (C=O) groups is 1. The highest BCUT2D eigenvalue weighted by Crippen LogP contribution is 2.28. The number of carboxylic acid groups (broad SMARTS) is 1. The first-order valence-electron chi connectivity index (χ1n) is 7.31. The molecule has 0 aliphatic heterocycles. The average molecular weight is 290 g/mol. The number of rotatable bonds is 7. The molecular formula is C16H22N2O3. The molecule has 0 radical (unpaired) electrons. The largest absolute Gasteiger partial charge is 0.478 e. The van der Waals surface area contributed by atoms with Gasteiger partial charge < -0.3 is 20.5 Å². The number of hydrogen-bond acceptors (Lipinski definition) is 3. The molecule has 0 unspecified atom stereocenters. The molecule has 2 aromatic rings. The minimum atomic E-state index is -0.909. The van der Waals surface area contributed by atoms with Crippen LogP contribution in [0.1, 0.15) is 34.8 Å². The van der Waals surface area contributed by atoms with Gasteiger partial charge in [0.2, 0.25) is 0 Å². The highest BCUT2D eigenvalue weighted by Gasteiger charge is 2.15. The minimum Gasteiger partial charge on any atom is -0.478 e. The number of hydrogen-bond donors (Lipinski definition) is 3. The van der Waals surface area contributed by atoms with Gasteiger partial charge in [-0.15, -0.1) is 0 Å². The SMILES string of the molecule is CCc1cc(C(=O)O)cc2c(CCN)cn(CCCO)c12. The maximum absolute atomic E-state index is 11.3. The topological polar surface area (TPSA) is 88.5 Å². The standard InChI is InChI=1S/C16H22N2O3/c1-2-11-8-13(16(20)21)9-14-12(4-5-17)10-18(15(11)14)6-3-7-19/h8-10,19H,2-7,17H2,1H3,(H,20,21). The Morgan fingerprint density at radius 3 is 2.67 bits per heavy atom. The predicted octanol–water partition coefficient (Wildman–Crippen LogP) is 1.79. The van der Waals surface area contributed by atoms with Gasteiger partial charge in [0, 0.05) is 24.7 Å². The molecule has 0 amide bonds. The molecule has 0 saturated carbocycles. The Balaban J connectivity index is 2.67. The highest BCUT2D eigenvalue weighted by atomic mass is 16.4. The average Bonchev–Trinajstić information content (AvgIpc) is 2.82. The van der Waals surface area contributed by atoms with Crippen LogP contribution < -0.4 is 5.73 Å². The van der Waals surface area contributed by atoms with E-state index in [2.05, 4.69) is 4.57 Å². The Morgan fingerprint density at radius 1 is 1.33 bits per heavy atom. The number of nitrogens with zero attached hydrogens (tertiary/aromatic N) is 1. The lowest BCUT2D eigenvalue weighted by molar-refractivity contribution is 0.0697. The summed E-state index contributed by atoms with van der Waals surface area (Å²) in [5.74, 6) is -0.909. The van der Waals surface area contributed by atoms with Crippen molar-refractivity contribution >= 4 is 16.9 Å². The van der Waals surface area contributed by atoms with E-state index in [1.54, 1.807) is 12.1 Å². The van der Waals surface area contributed by atoms with Crippen LogP contribution in [0.4, 0.5) is 0 Å². The van der Waals surface area contributed by atoms with Gasteiger partial charge in [0.15, 0.2) is 0 Å². The number of fused-ring (bicyclic) bond motifs is 1. The molecule has 0 bridgehead atoms. The third-order valence-electron chi connectivity index (χ3n) is 3.73. The predicted molar refractivity (Wildman–Crippen MR) is 82.7 cm³/mol. The van der Waals surface area contributed by atoms with Gasteiger partial charge >= 0.3 is 5.97 Å². The smallest absolute Gasteiger partial charge is 0.335 e. The molecule has 0 aliphatic carbocycles. The zero-order valence-corrected chi connectivity index (χ0v) is 12.3. The fraction of sp³-hybridized carbons (Fsp3) is 0.438. The number of aliphatic hydroxyl groups is 1. The van der Waals surface area contributed by atoms with Crippen molar-refractivity contribution in [3.05, 3.63) is 35.0 Å². The molecule has 0 fully saturated rings. The van der Waals surface area contributed by atoms with Gasteiger partial charge in [-0.25, -0.2) is 4.79 Å². The minimum absolute atomic E-state index is 0.139. The van der Waals surface area contributed by atoms with E-state index in [9.17, 15) is 9.90 Å². The lowest BCUT2D eigenvalue weighted by Gasteiger charge is -2.09. The number of nitrogens with two attached hydrogens (primary N) is 1. The second kappa shape index (κ2) is 6.74. The summed E-state index contributed by atoms with van der Waals surface area (Å²) >= 11 is 0. The number of carboxylic acids is 1. The number of benzene rings is 1. The first-order valence-corrected chi connectivity index (χ1v) is 7.31. The summed E-state index contributed by atoms with van der Waals surface area (Å²) in [5, 5.41) is 19.3. The molecule has 0 spiro atoms. The molecule has 0 saturated heterocycles. The summed E-state index contributed by atoms with van der Waals surface area (Å²) in [7, 11) is 0. The van der Waals surface area contributed by atoms with Crippen LogP contribution in [-0.4, -0.2) is 33.9 Å². The third-order valence-corrected chi connectivity index (χ3v) is 3.73. The van der Waals surface area contributed by atoms with Crippen molar-refractivity contribution in [2.45, 2.75) is 32.7 Å². The Hall–Kier alpha value is -1.85. The molecule has 1 aromatic heterocycles. The van der Waals surface area contributed by atoms with Gasteiger partial charge in [0.25, 0.3) is 0 Å². The maximum atomic E-state index is 11.3. The number of aliphatic hydroxyl groups excluding tert-OH is 1. The lowest BCUT2D eigenvalue weighted by Crippen LogP contribution is -2.03. The van der Waals surface area contributed by atoms with Crippen LogP contribution in [0, 0.1) is 0 Å². The molecule has 21 heavy (non-hydrogen) atoms. The first kappa shape index (κ1) is 15.5. The van der Waals surface area contributed by atoms with Crippen molar-refractivity contribution in [2.75, 3.05) is 13.2 Å². The van der Waals surface area contributed by atoms with Gasteiger partial charge in [0.1, 0.15) is 0 Å². The zero-order valence-electron chi connectivity index (χ0n) is 12.3. The third kappa shape index (κ3) is 3.09. The number of aromatic carboxylic acids is 1. The Morgan fingerprint density at radius 2 is 2.10 bits per heavy atom. The number of aromatic nitrogens is 1. The highest BCUT2D eigenvalue weighted by molar-refractivity contribution is 5.96. The van der Waals surface area contributed by atoms with E-state index in [-0.39, 0.29) is 6.61 Å². The summed E-state index contributed by atoms with van der Waals surface area (Å²) in [6.45, 7) is 3.40. The van der Waals surface area contributed by atoms with Crippen molar-refractivity contribution in [3.8, 4) is 0 Å². The molecule has 2 rings (SSSR count). The van der Waals surface area contributed by atoms with Crippen molar-refractivity contribution < 1.29 is 15.0 Å². The molecule has 0 aliphatic rings. The fourth-order valence-corrected chi connectivity index (χ4v) is 2.77. The van der Waals surface area contributed by atoms with E-state index in [1.807, 2.05) is 13.1 Å². The molecule has 5 nitrogen and oxygen atoms in total. The molecule has 1 heterocycles. The summed E-state index contributed by atoms with van der Waals surface area (Å²) in [6.07, 6.45) is 4.20. The molecule has 0 atom stereocenters. The molecule has 4 N–H and O–H groups in total. The quantitative estimate of drug-likeness (QED) is 0.725. The summed E-state index contributed by atoms with van der Waals surface area (Å²) in [5.41, 5.74) is 9.14. The number of aryl methyl sites for hydroxylation is 2. The lowest BCUT2D eigenvalue weighted by atomic mass is 10.0. The van der Waals surface area contributed by atoms with E-state index in [0.717, 1.165) is 41.4 Å². The van der Waals surface area contributed by atoms with Crippen LogP contribution in [0.3, 0.4) is 0 Å². The van der Waals surface area contributed by atoms with Crippen LogP contribution in [0.25, 0.3) is 10.9 Å². The van der Waals surface area contributed by atoms with Crippen LogP contribution in [0.2, 0.25) is 0 Å².